The molecular formula is H5SbSnVW. The van der Waals surface area contributed by atoms with E-state index in [1.807, 2.05) is 0 Å². The Morgan fingerprint density at radius 1 is 1.00 bits per heavy atom. The second-order valence-corrected chi connectivity index (χ2v) is 0. The second kappa shape index (κ2) is 16.9. The Kier molecular flexibility index (Phi) is 121. The van der Waals surface area contributed by atoms with Gasteiger partial charge in [0, 0.05) is 39.6 Å². The van der Waals surface area contributed by atoms with Crippen LogP contribution in [-0.2, 0) is 39.6 Å². The molecule has 0 rings (SSSR count). The van der Waals surface area contributed by atoms with Crippen LogP contribution in [0.15, 0.2) is 0 Å². The molecular weight excluding hydrogens is 475 g/mol. The molecule has 0 unspecified atom stereocenters. The molecule has 0 aromatic heterocycles. The predicted molar refractivity (Wildman–Crippen MR) is 18.5 cm³/mol. The summed E-state index contributed by atoms with van der Waals surface area (Å²) >= 11 is 0. The van der Waals surface area contributed by atoms with Gasteiger partial charge in [0.05, 0.1) is 0 Å². The van der Waals surface area contributed by atoms with Crippen molar-refractivity contribution in [2.45, 2.75) is 0 Å². The van der Waals surface area contributed by atoms with Gasteiger partial charge < -0.3 is 0 Å². The van der Waals surface area contributed by atoms with Crippen LogP contribution >= 0.6 is 0 Å². The van der Waals surface area contributed by atoms with Crippen LogP contribution in [0.4, 0.5) is 0 Å². The van der Waals surface area contributed by atoms with E-state index in [0.717, 1.165) is 0 Å². The molecule has 0 nitrogen and oxygen atoms in total. The third kappa shape index (κ3) is 8.86. The molecule has 4 heteroatoms. The predicted octanol–water partition coefficient (Wildman–Crippen LogP) is -2.11. The summed E-state index contributed by atoms with van der Waals surface area (Å²) in [7, 11) is 0. The van der Waals surface area contributed by atoms with Crippen molar-refractivity contribution in [3.8, 4) is 0 Å². The molecule has 0 aliphatic rings. The van der Waals surface area contributed by atoms with Crippen molar-refractivity contribution in [3.05, 3.63) is 0 Å². The molecule has 0 aromatic carbocycles. The summed E-state index contributed by atoms with van der Waals surface area (Å²) < 4.78 is 0. The Bertz CT molecular complexity index is 8.00. The largest absolute Gasteiger partial charge is 0 e. The number of hydrogen-bond acceptors (Lipinski definition) is 0. The monoisotopic (exact) mass is 481 g/mol. The first-order valence-electron chi connectivity index (χ1n) is 0. The minimum Gasteiger partial charge on any atom is 0 e. The van der Waals surface area contributed by atoms with Crippen molar-refractivity contribution in [2.75, 3.05) is 0 Å². The van der Waals surface area contributed by atoms with Crippen LogP contribution in [0.3, 0.4) is 0 Å². The van der Waals surface area contributed by atoms with Gasteiger partial charge in [-0.15, -0.1) is 0 Å². The molecule has 0 atom stereocenters. The normalized spacial score (nSPS) is 0. The first-order valence-corrected chi connectivity index (χ1v) is 0. The summed E-state index contributed by atoms with van der Waals surface area (Å²) in [4.78, 5) is 0. The molecule has 0 saturated carbocycles. The Hall–Kier alpha value is 2.89. The van der Waals surface area contributed by atoms with Crippen LogP contribution in [-0.4, -0.2) is 48.3 Å². The van der Waals surface area contributed by atoms with Gasteiger partial charge in [0.25, 0.3) is 0 Å². The van der Waals surface area contributed by atoms with Crippen LogP contribution in [0, 0.1) is 0 Å². The third-order valence-corrected chi connectivity index (χ3v) is 0. The smallest absolute Gasteiger partial charge is 0 e. The maximum Gasteiger partial charge on any atom is 0 e. The van der Waals surface area contributed by atoms with E-state index in [9.17, 15) is 0 Å². The fourth-order valence-electron chi connectivity index (χ4n) is 0. The maximum absolute atomic E-state index is 0. The summed E-state index contributed by atoms with van der Waals surface area (Å²) in [5.41, 5.74) is 0. The zero-order valence-corrected chi connectivity index (χ0v) is 14.7. The van der Waals surface area contributed by atoms with E-state index in [4.69, 9.17) is 0 Å². The Morgan fingerprint density at radius 3 is 1.00 bits per heavy atom. The summed E-state index contributed by atoms with van der Waals surface area (Å²) in [6.45, 7) is 0. The minimum absolute atomic E-state index is 0. The van der Waals surface area contributed by atoms with Crippen LogP contribution in [0.1, 0.15) is 0 Å². The number of rotatable bonds is 0. The van der Waals surface area contributed by atoms with Gasteiger partial charge in [-0.2, -0.15) is 0 Å². The van der Waals surface area contributed by atoms with E-state index in [1.54, 1.807) is 0 Å². The van der Waals surface area contributed by atoms with Crippen LogP contribution in [0.2, 0.25) is 0 Å². The summed E-state index contributed by atoms with van der Waals surface area (Å²) in [6, 6.07) is 0. The topological polar surface area (TPSA) is 0 Å². The van der Waals surface area contributed by atoms with Crippen LogP contribution < -0.4 is 0 Å². The van der Waals surface area contributed by atoms with E-state index in [2.05, 4.69) is 0 Å². The number of hydrogen-bond donors (Lipinski definition) is 0. The van der Waals surface area contributed by atoms with Crippen molar-refractivity contribution in [3.63, 3.8) is 0 Å². The molecule has 0 aliphatic heterocycles. The summed E-state index contributed by atoms with van der Waals surface area (Å²) in [5, 5.41) is 0. The standard InChI is InChI=1S/Sb.Sn.V.W.5H. The molecule has 4 heavy (non-hydrogen) atoms. The Labute approximate surface area is 86.4 Å². The van der Waals surface area contributed by atoms with Gasteiger partial charge in [-0.3, -0.25) is 0 Å². The quantitative estimate of drug-likeness (QED) is 0.349. The van der Waals surface area contributed by atoms with Gasteiger partial charge in [0.2, 0.25) is 0 Å². The molecule has 0 amide bonds. The molecule has 0 aliphatic carbocycles. The SMILES string of the molecule is [SbH3].[SnH2].[V].[W]. The van der Waals surface area contributed by atoms with Gasteiger partial charge in [0.1, 0.15) is 0 Å². The zero-order chi connectivity index (χ0) is 0. The Morgan fingerprint density at radius 2 is 1.00 bits per heavy atom. The third-order valence-electron chi connectivity index (χ3n) is 0. The molecule has 0 N–H and O–H groups in total. The van der Waals surface area contributed by atoms with Gasteiger partial charge >= 0.3 is 48.3 Å². The average molecular weight is 480 g/mol. The molecule has 0 spiro atoms. The minimum atomic E-state index is 0. The average Bonchev–Trinajstić information content (AvgIpc) is 0. The van der Waals surface area contributed by atoms with E-state index >= 15 is 0 Å². The fraction of sp³-hybridized carbons (Fsp3) is 0. The van der Waals surface area contributed by atoms with Gasteiger partial charge in [0.15, 0.2) is 0 Å². The molecule has 0 heterocycles. The molecule has 0 bridgehead atoms. The second-order valence-electron chi connectivity index (χ2n) is 0. The van der Waals surface area contributed by atoms with Crippen LogP contribution in [0.5, 0.6) is 0 Å². The Balaban J connectivity index is 0. The van der Waals surface area contributed by atoms with E-state index in [0.29, 0.717) is 0 Å². The van der Waals surface area contributed by atoms with Crippen molar-refractivity contribution >= 4 is 48.3 Å². The van der Waals surface area contributed by atoms with Crippen molar-refractivity contribution in [1.29, 1.82) is 0 Å². The summed E-state index contributed by atoms with van der Waals surface area (Å²) in [6.07, 6.45) is 0. The molecule has 0 aromatic rings. The fourth-order valence-corrected chi connectivity index (χ4v) is 0. The van der Waals surface area contributed by atoms with Crippen LogP contribution in [0.25, 0.3) is 0 Å². The molecule has 0 saturated heterocycles. The summed E-state index contributed by atoms with van der Waals surface area (Å²) in [5.74, 6) is 0. The van der Waals surface area contributed by atoms with E-state index in [-0.39, 0.29) is 88.0 Å². The molecule has 0 fully saturated rings. The maximum atomic E-state index is 0. The zero-order valence-electron chi connectivity index (χ0n) is 2.27. The van der Waals surface area contributed by atoms with E-state index in [1.165, 1.54) is 0 Å². The van der Waals surface area contributed by atoms with Gasteiger partial charge in [-0.1, -0.05) is 0 Å². The van der Waals surface area contributed by atoms with Crippen molar-refractivity contribution in [1.82, 2.24) is 0 Å². The first kappa shape index (κ1) is 28.6. The van der Waals surface area contributed by atoms with Gasteiger partial charge in [-0.25, -0.2) is 0 Å². The first-order chi connectivity index (χ1) is 0. The van der Waals surface area contributed by atoms with Gasteiger partial charge in [-0.05, 0) is 0 Å². The van der Waals surface area contributed by atoms with Crippen molar-refractivity contribution < 1.29 is 39.6 Å². The molecule has 25 valence electrons. The van der Waals surface area contributed by atoms with Crippen molar-refractivity contribution in [2.24, 2.45) is 0 Å². The molecule has 3 radical (unpaired) electrons. The van der Waals surface area contributed by atoms with E-state index < -0.39 is 0 Å².